The number of aromatic nitrogens is 2. The van der Waals surface area contributed by atoms with E-state index >= 15 is 0 Å². The number of thiazole rings is 1. The van der Waals surface area contributed by atoms with Crippen LogP contribution in [0.1, 0.15) is 27.5 Å². The number of hydrogen-bond donors (Lipinski definition) is 4. The van der Waals surface area contributed by atoms with Crippen molar-refractivity contribution in [3.05, 3.63) is 73.7 Å². The van der Waals surface area contributed by atoms with Crippen LogP contribution in [0.15, 0.2) is 57.2 Å². The first-order valence-electron chi connectivity index (χ1n) is 9.40. The molecule has 4 N–H and O–H groups in total. The number of nitrogens with one attached hydrogen (secondary N) is 1. The fourth-order valence-corrected chi connectivity index (χ4v) is 6.11. The molecule has 5 rings (SSSR count). The third-order valence-electron chi connectivity index (χ3n) is 5.34. The SMILES string of the molecule is COc1cc(C2c3sc(=O)[nH]c3Sc3c2c(O)n(-c2ccc(C)cc2)c3O)ccc1O. The highest BCUT2D eigenvalue weighted by atomic mass is 32.2. The van der Waals surface area contributed by atoms with Crippen molar-refractivity contribution >= 4 is 23.1 Å². The summed E-state index contributed by atoms with van der Waals surface area (Å²) in [5, 5.41) is 32.9. The first kappa shape index (κ1) is 19.7. The van der Waals surface area contributed by atoms with E-state index in [0.29, 0.717) is 26.7 Å². The molecule has 1 unspecified atom stereocenters. The maximum atomic E-state index is 12.1. The Bertz CT molecular complexity index is 1370. The van der Waals surface area contributed by atoms with Crippen molar-refractivity contribution in [3.63, 3.8) is 0 Å². The fraction of sp³-hybridized carbons (Fsp3) is 0.136. The number of ether oxygens (including phenoxy) is 1. The number of benzene rings is 2. The van der Waals surface area contributed by atoms with E-state index in [1.165, 1.54) is 29.5 Å². The van der Waals surface area contributed by atoms with Crippen molar-refractivity contribution in [2.24, 2.45) is 0 Å². The number of phenols is 1. The van der Waals surface area contributed by atoms with Crippen LogP contribution < -0.4 is 9.61 Å². The summed E-state index contributed by atoms with van der Waals surface area (Å²) in [6.07, 6.45) is 0. The number of H-pyrrole nitrogens is 1. The lowest BCUT2D eigenvalue weighted by Gasteiger charge is -2.23. The van der Waals surface area contributed by atoms with Gasteiger partial charge in [-0.3, -0.25) is 9.36 Å². The van der Waals surface area contributed by atoms with Crippen LogP contribution in [0.25, 0.3) is 5.69 Å². The van der Waals surface area contributed by atoms with Crippen LogP contribution in [0.3, 0.4) is 0 Å². The van der Waals surface area contributed by atoms with Gasteiger partial charge < -0.3 is 25.0 Å². The molecule has 0 saturated heterocycles. The molecule has 0 radical (unpaired) electrons. The number of nitrogens with zero attached hydrogens (tertiary/aromatic N) is 1. The maximum Gasteiger partial charge on any atom is 0.305 e. The second-order valence-electron chi connectivity index (χ2n) is 7.24. The molecule has 1 aliphatic heterocycles. The summed E-state index contributed by atoms with van der Waals surface area (Å²) >= 11 is 2.28. The number of hydrogen-bond acceptors (Lipinski definition) is 7. The molecule has 31 heavy (non-hydrogen) atoms. The normalized spacial score (nSPS) is 14.8. The Morgan fingerprint density at radius 2 is 1.81 bits per heavy atom. The first-order chi connectivity index (χ1) is 14.9. The van der Waals surface area contributed by atoms with Crippen LogP contribution in [0.4, 0.5) is 0 Å². The predicted molar refractivity (Wildman–Crippen MR) is 119 cm³/mol. The molecule has 4 aromatic rings. The minimum Gasteiger partial charge on any atom is -0.504 e. The highest BCUT2D eigenvalue weighted by Gasteiger charge is 2.38. The highest BCUT2D eigenvalue weighted by Crippen LogP contribution is 2.57. The zero-order valence-corrected chi connectivity index (χ0v) is 18.2. The zero-order valence-electron chi connectivity index (χ0n) is 16.5. The summed E-state index contributed by atoms with van der Waals surface area (Å²) in [4.78, 5) is 15.9. The summed E-state index contributed by atoms with van der Waals surface area (Å²) < 4.78 is 6.66. The van der Waals surface area contributed by atoms with E-state index in [1.54, 1.807) is 12.1 Å². The van der Waals surface area contributed by atoms with Crippen LogP contribution in [-0.4, -0.2) is 32.0 Å². The largest absolute Gasteiger partial charge is 0.504 e. The average molecular weight is 455 g/mol. The number of methoxy groups -OCH3 is 1. The molecule has 2 aromatic carbocycles. The van der Waals surface area contributed by atoms with E-state index in [2.05, 4.69) is 4.98 Å². The van der Waals surface area contributed by atoms with Crippen molar-refractivity contribution in [2.45, 2.75) is 22.8 Å². The van der Waals surface area contributed by atoms with Crippen LogP contribution >= 0.6 is 23.1 Å². The number of aromatic hydroxyl groups is 3. The Balaban J connectivity index is 1.78. The minimum absolute atomic E-state index is 0.0107. The zero-order chi connectivity index (χ0) is 21.9. The smallest absolute Gasteiger partial charge is 0.305 e. The Morgan fingerprint density at radius 3 is 2.52 bits per heavy atom. The molecular formula is C22H18N2O5S2. The van der Waals surface area contributed by atoms with Gasteiger partial charge in [0.15, 0.2) is 11.5 Å². The fourth-order valence-electron chi connectivity index (χ4n) is 3.86. The molecule has 1 atom stereocenters. The molecule has 0 aliphatic carbocycles. The minimum atomic E-state index is -0.526. The molecular weight excluding hydrogens is 436 g/mol. The molecule has 3 heterocycles. The summed E-state index contributed by atoms with van der Waals surface area (Å²) in [7, 11) is 1.46. The van der Waals surface area contributed by atoms with Gasteiger partial charge in [-0.2, -0.15) is 0 Å². The van der Waals surface area contributed by atoms with E-state index in [9.17, 15) is 20.1 Å². The lowest BCUT2D eigenvalue weighted by atomic mass is 9.91. The van der Waals surface area contributed by atoms with Gasteiger partial charge in [-0.15, -0.1) is 0 Å². The monoisotopic (exact) mass is 454 g/mol. The van der Waals surface area contributed by atoms with Gasteiger partial charge in [0, 0.05) is 5.56 Å². The molecule has 7 nitrogen and oxygen atoms in total. The van der Waals surface area contributed by atoms with Gasteiger partial charge in [-0.25, -0.2) is 0 Å². The van der Waals surface area contributed by atoms with Gasteiger partial charge in [-0.1, -0.05) is 46.9 Å². The van der Waals surface area contributed by atoms with Crippen molar-refractivity contribution in [1.82, 2.24) is 9.55 Å². The quantitative estimate of drug-likeness (QED) is 0.324. The first-order valence-corrected chi connectivity index (χ1v) is 11.0. The summed E-state index contributed by atoms with van der Waals surface area (Å²) in [5.41, 5.74) is 2.89. The number of rotatable bonds is 3. The van der Waals surface area contributed by atoms with Crippen molar-refractivity contribution in [3.8, 4) is 28.9 Å². The number of phenolic OH excluding ortho intramolecular Hbond substituents is 1. The average Bonchev–Trinajstić information content (AvgIpc) is 3.24. The Hall–Kier alpha value is -3.30. The molecule has 1 aliphatic rings. The molecule has 0 bridgehead atoms. The number of aromatic amines is 1. The van der Waals surface area contributed by atoms with Crippen molar-refractivity contribution in [1.29, 1.82) is 0 Å². The van der Waals surface area contributed by atoms with Gasteiger partial charge in [-0.05, 0) is 36.8 Å². The molecule has 0 fully saturated rings. The van der Waals surface area contributed by atoms with Gasteiger partial charge in [0.2, 0.25) is 11.8 Å². The molecule has 0 amide bonds. The van der Waals surface area contributed by atoms with Gasteiger partial charge >= 0.3 is 4.87 Å². The van der Waals surface area contributed by atoms with Gasteiger partial charge in [0.25, 0.3) is 0 Å². The van der Waals surface area contributed by atoms with E-state index in [-0.39, 0.29) is 28.1 Å². The highest BCUT2D eigenvalue weighted by molar-refractivity contribution is 7.99. The molecule has 158 valence electrons. The molecule has 0 saturated carbocycles. The molecule has 0 spiro atoms. The van der Waals surface area contributed by atoms with E-state index in [0.717, 1.165) is 21.8 Å². The van der Waals surface area contributed by atoms with E-state index in [4.69, 9.17) is 4.74 Å². The summed E-state index contributed by atoms with van der Waals surface area (Å²) in [5.74, 6) is -0.462. The van der Waals surface area contributed by atoms with Gasteiger partial charge in [0.05, 0.1) is 33.5 Å². The lowest BCUT2D eigenvalue weighted by Crippen LogP contribution is -2.07. The number of fused-ring (bicyclic) bond motifs is 2. The molecule has 9 heteroatoms. The predicted octanol–water partition coefficient (Wildman–Crippen LogP) is 4.31. The van der Waals surface area contributed by atoms with Gasteiger partial charge in [0.1, 0.15) is 0 Å². The van der Waals surface area contributed by atoms with E-state index in [1.807, 2.05) is 31.2 Å². The standard InChI is InChI=1S/C22H18N2O5S2/c1-10-3-6-12(7-4-10)24-20(26)16-15(11-5-8-13(25)14(9-11)29-2)17-19(23-22(28)31-17)30-18(16)21(24)27/h3-9,15,25-27H,1-2H3,(H,23,28). The Labute approximate surface area is 185 Å². The van der Waals surface area contributed by atoms with Crippen molar-refractivity contribution in [2.75, 3.05) is 7.11 Å². The lowest BCUT2D eigenvalue weighted by molar-refractivity contribution is 0.373. The maximum absolute atomic E-state index is 12.1. The van der Waals surface area contributed by atoms with Crippen LogP contribution in [-0.2, 0) is 0 Å². The second kappa shape index (κ2) is 7.14. The Kier molecular flexibility index (Phi) is 4.53. The van der Waals surface area contributed by atoms with Crippen LogP contribution in [0.2, 0.25) is 0 Å². The third kappa shape index (κ3) is 3.00. The topological polar surface area (TPSA) is 108 Å². The van der Waals surface area contributed by atoms with Crippen molar-refractivity contribution < 1.29 is 20.1 Å². The summed E-state index contributed by atoms with van der Waals surface area (Å²) in [6.45, 7) is 1.96. The number of aryl methyl sites for hydroxylation is 1. The Morgan fingerprint density at radius 1 is 1.06 bits per heavy atom. The van der Waals surface area contributed by atoms with Crippen LogP contribution in [0, 0.1) is 6.92 Å². The van der Waals surface area contributed by atoms with Crippen LogP contribution in [0.5, 0.6) is 23.3 Å². The van der Waals surface area contributed by atoms with E-state index < -0.39 is 5.92 Å². The molecule has 2 aromatic heterocycles. The summed E-state index contributed by atoms with van der Waals surface area (Å²) in [6, 6.07) is 12.3. The third-order valence-corrected chi connectivity index (χ3v) is 7.55. The second-order valence-corrected chi connectivity index (χ2v) is 9.27.